The molecule has 0 aliphatic heterocycles. The van der Waals surface area contributed by atoms with Gasteiger partial charge in [-0.25, -0.2) is 0 Å². The van der Waals surface area contributed by atoms with Crippen molar-refractivity contribution in [3.05, 3.63) is 84.8 Å². The van der Waals surface area contributed by atoms with Crippen molar-refractivity contribution in [1.82, 2.24) is 4.57 Å². The fraction of sp³-hybridized carbons (Fsp3) is 0.0476. The number of hydrogen-bond donors (Lipinski definition) is 0. The van der Waals surface area contributed by atoms with E-state index in [1.165, 1.54) is 4.57 Å². The van der Waals surface area contributed by atoms with Gasteiger partial charge in [0, 0.05) is 0 Å². The zero-order valence-corrected chi connectivity index (χ0v) is 15.1. The van der Waals surface area contributed by atoms with Crippen LogP contribution < -0.4 is 14.8 Å². The predicted octanol–water partition coefficient (Wildman–Crippen LogP) is 2.11. The van der Waals surface area contributed by atoms with E-state index in [1.54, 1.807) is 42.5 Å². The van der Waals surface area contributed by atoms with E-state index in [-0.39, 0.29) is 11.1 Å². The summed E-state index contributed by atoms with van der Waals surface area (Å²) in [4.78, 5) is 13.0. The largest absolute Gasteiger partial charge is 0.273 e. The molecule has 0 unspecified atom stereocenters. The molecule has 0 bridgehead atoms. The van der Waals surface area contributed by atoms with E-state index in [2.05, 4.69) is 0 Å². The van der Waals surface area contributed by atoms with Crippen LogP contribution in [0.3, 0.4) is 0 Å². The number of rotatable bonds is 2. The first-order valence-electron chi connectivity index (χ1n) is 7.92. The molecule has 0 fully saturated rings. The van der Waals surface area contributed by atoms with Crippen LogP contribution in [0.5, 0.6) is 0 Å². The lowest BCUT2D eigenvalue weighted by Crippen LogP contribution is -2.30. The standard InChI is InChI=1S/C21H12N4OS/c1-14-2-8-18(9-3-14)25-20(26)19(27-21(25)17(12-23)13-24)10-15-4-6-16(11-22)7-5-15/h2-10H,1H3/b19-10+. The molecule has 3 rings (SSSR count). The summed E-state index contributed by atoms with van der Waals surface area (Å²) in [6, 6.07) is 19.9. The van der Waals surface area contributed by atoms with Gasteiger partial charge < -0.3 is 0 Å². The molecule has 5 nitrogen and oxygen atoms in total. The van der Waals surface area contributed by atoms with Crippen LogP contribution in [-0.4, -0.2) is 4.57 Å². The van der Waals surface area contributed by atoms with Crippen molar-refractivity contribution in [2.24, 2.45) is 0 Å². The van der Waals surface area contributed by atoms with Gasteiger partial charge in [-0.2, -0.15) is 15.8 Å². The van der Waals surface area contributed by atoms with Crippen LogP contribution in [0, 0.1) is 40.9 Å². The number of benzene rings is 2. The van der Waals surface area contributed by atoms with Crippen molar-refractivity contribution < 1.29 is 0 Å². The minimum absolute atomic E-state index is 0.114. The Bertz CT molecular complexity index is 1290. The molecule has 0 saturated heterocycles. The number of aromatic nitrogens is 1. The van der Waals surface area contributed by atoms with Gasteiger partial charge in [-0.1, -0.05) is 29.8 Å². The third-order valence-corrected chi connectivity index (χ3v) is 4.98. The van der Waals surface area contributed by atoms with E-state index in [1.807, 2.05) is 37.3 Å². The molecule has 0 atom stereocenters. The second kappa shape index (κ2) is 7.54. The third kappa shape index (κ3) is 3.55. The summed E-state index contributed by atoms with van der Waals surface area (Å²) in [5, 5.41) is 27.5. The molecule has 0 saturated carbocycles. The van der Waals surface area contributed by atoms with Crippen LogP contribution in [0.25, 0.3) is 17.3 Å². The lowest BCUT2D eigenvalue weighted by molar-refractivity contribution is 0.986. The van der Waals surface area contributed by atoms with Crippen molar-refractivity contribution in [3.63, 3.8) is 0 Å². The van der Waals surface area contributed by atoms with Crippen molar-refractivity contribution in [3.8, 4) is 23.9 Å². The third-order valence-electron chi connectivity index (χ3n) is 3.89. The topological polar surface area (TPSA) is 93.4 Å². The Labute approximate surface area is 159 Å². The van der Waals surface area contributed by atoms with Crippen molar-refractivity contribution >= 4 is 23.0 Å². The minimum Gasteiger partial charge on any atom is -0.267 e. The highest BCUT2D eigenvalue weighted by molar-refractivity contribution is 7.07. The minimum atomic E-state index is -0.300. The molecule has 0 aliphatic carbocycles. The Hall–Kier alpha value is -3.92. The second-order valence-corrected chi connectivity index (χ2v) is 6.75. The number of aryl methyl sites for hydroxylation is 1. The van der Waals surface area contributed by atoms with Crippen molar-refractivity contribution in [2.75, 3.05) is 0 Å². The molecule has 0 aliphatic rings. The molecule has 27 heavy (non-hydrogen) atoms. The first-order valence-corrected chi connectivity index (χ1v) is 8.74. The van der Waals surface area contributed by atoms with E-state index < -0.39 is 0 Å². The van der Waals surface area contributed by atoms with Gasteiger partial charge >= 0.3 is 0 Å². The molecule has 3 aromatic rings. The summed E-state index contributed by atoms with van der Waals surface area (Å²) in [6.45, 7) is 1.94. The van der Waals surface area contributed by atoms with E-state index in [9.17, 15) is 15.3 Å². The summed E-state index contributed by atoms with van der Waals surface area (Å²) < 4.78 is 2.09. The van der Waals surface area contributed by atoms with Crippen LogP contribution in [0.2, 0.25) is 0 Å². The highest BCUT2D eigenvalue weighted by Gasteiger charge is 2.11. The molecular formula is C21H12N4OS. The number of thiazole rings is 1. The molecule has 128 valence electrons. The molecule has 0 N–H and O–H groups in total. The summed E-state index contributed by atoms with van der Waals surface area (Å²) >= 11 is 1.10. The average molecular weight is 368 g/mol. The Kier molecular flexibility index (Phi) is 4.99. The Morgan fingerprint density at radius 1 is 1.00 bits per heavy atom. The van der Waals surface area contributed by atoms with Gasteiger partial charge in [0.05, 0.1) is 21.9 Å². The molecule has 1 aromatic heterocycles. The molecule has 0 radical (unpaired) electrons. The SMILES string of the molecule is Cc1ccc(-n2c(=C(C#N)C#N)s/c(=C/c3ccc(C#N)cc3)c2=O)cc1. The second-order valence-electron chi connectivity index (χ2n) is 5.72. The maximum atomic E-state index is 13.0. The Morgan fingerprint density at radius 3 is 2.19 bits per heavy atom. The van der Waals surface area contributed by atoms with Crippen LogP contribution >= 0.6 is 11.3 Å². The van der Waals surface area contributed by atoms with Gasteiger partial charge in [-0.3, -0.25) is 9.36 Å². The zero-order valence-electron chi connectivity index (χ0n) is 14.3. The van der Waals surface area contributed by atoms with Crippen LogP contribution in [-0.2, 0) is 0 Å². The predicted molar refractivity (Wildman–Crippen MR) is 103 cm³/mol. The highest BCUT2D eigenvalue weighted by atomic mass is 32.1. The summed E-state index contributed by atoms with van der Waals surface area (Å²) in [5.41, 5.74) is 2.51. The summed E-state index contributed by atoms with van der Waals surface area (Å²) in [6.07, 6.45) is 1.69. The van der Waals surface area contributed by atoms with E-state index in [4.69, 9.17) is 5.26 Å². The number of nitrogens with zero attached hydrogens (tertiary/aromatic N) is 4. The van der Waals surface area contributed by atoms with Crippen LogP contribution in [0.1, 0.15) is 16.7 Å². The van der Waals surface area contributed by atoms with Crippen LogP contribution in [0.4, 0.5) is 0 Å². The quantitative estimate of drug-likeness (QED) is 0.692. The van der Waals surface area contributed by atoms with Gasteiger partial charge in [-0.15, -0.1) is 11.3 Å². The Morgan fingerprint density at radius 2 is 1.63 bits per heavy atom. The maximum absolute atomic E-state index is 13.0. The Balaban J connectivity index is 2.33. The van der Waals surface area contributed by atoms with Crippen molar-refractivity contribution in [1.29, 1.82) is 15.8 Å². The summed E-state index contributed by atoms with van der Waals surface area (Å²) in [7, 11) is 0. The van der Waals surface area contributed by atoms with Crippen LogP contribution in [0.15, 0.2) is 53.3 Å². The molecule has 2 aromatic carbocycles. The number of hydrogen-bond acceptors (Lipinski definition) is 5. The van der Waals surface area contributed by atoms with Gasteiger partial charge in [0.2, 0.25) is 0 Å². The molecular weight excluding hydrogens is 356 g/mol. The van der Waals surface area contributed by atoms with Gasteiger partial charge in [-0.05, 0) is 42.8 Å². The average Bonchev–Trinajstić information content (AvgIpc) is 3.00. The molecule has 0 amide bonds. The first kappa shape index (κ1) is 17.9. The van der Waals surface area contributed by atoms with E-state index in [0.717, 1.165) is 22.5 Å². The smallest absolute Gasteiger partial charge is 0.267 e. The normalized spacial score (nSPS) is 10.7. The van der Waals surface area contributed by atoms with Gasteiger partial charge in [0.25, 0.3) is 5.56 Å². The lowest BCUT2D eigenvalue weighted by Gasteiger charge is -2.02. The molecule has 1 heterocycles. The van der Waals surface area contributed by atoms with E-state index in [0.29, 0.717) is 20.4 Å². The van der Waals surface area contributed by atoms with E-state index >= 15 is 0 Å². The maximum Gasteiger partial charge on any atom is 0.273 e. The zero-order chi connectivity index (χ0) is 19.4. The number of nitriles is 3. The fourth-order valence-corrected chi connectivity index (χ4v) is 3.56. The fourth-order valence-electron chi connectivity index (χ4n) is 2.50. The molecule has 6 heteroatoms. The highest BCUT2D eigenvalue weighted by Crippen LogP contribution is 2.07. The molecule has 0 spiro atoms. The summed E-state index contributed by atoms with van der Waals surface area (Å²) in [5.74, 6) is 0. The first-order chi connectivity index (χ1) is 13.1. The lowest BCUT2D eigenvalue weighted by atomic mass is 10.1. The van der Waals surface area contributed by atoms with Gasteiger partial charge in [0.15, 0.2) is 5.57 Å². The monoisotopic (exact) mass is 368 g/mol. The van der Waals surface area contributed by atoms with Crippen molar-refractivity contribution in [2.45, 2.75) is 6.92 Å². The van der Waals surface area contributed by atoms with Gasteiger partial charge in [0.1, 0.15) is 16.8 Å².